The summed E-state index contributed by atoms with van der Waals surface area (Å²) in [4.78, 5) is 0. The topological polar surface area (TPSA) is 13.1 Å². The van der Waals surface area contributed by atoms with Gasteiger partial charge in [-0.25, -0.2) is 0 Å². The van der Waals surface area contributed by atoms with Crippen molar-refractivity contribution < 1.29 is 4.42 Å². The lowest BCUT2D eigenvalue weighted by Gasteiger charge is -2.20. The van der Waals surface area contributed by atoms with Crippen molar-refractivity contribution in [3.8, 4) is 22.3 Å². The van der Waals surface area contributed by atoms with E-state index < -0.39 is 0 Å². The Hall–Kier alpha value is -6.48. The number of benzene rings is 9. The fraction of sp³-hybridized carbons (Fsp3) is 0.0196. The van der Waals surface area contributed by atoms with Crippen LogP contribution in [-0.2, 0) is 0 Å². The summed E-state index contributed by atoms with van der Waals surface area (Å²) in [6, 6.07) is 68.8. The lowest BCUT2D eigenvalue weighted by atomic mass is 9.83. The molecule has 1 nitrogen and oxygen atoms in total. The smallest absolute Gasteiger partial charge is 0.136 e. The number of furan rings is 1. The zero-order chi connectivity index (χ0) is 34.9. The normalized spacial score (nSPS) is 12.5. The molecule has 0 amide bonds. The van der Waals surface area contributed by atoms with Gasteiger partial charge in [0.25, 0.3) is 0 Å². The lowest BCUT2D eigenvalue weighted by molar-refractivity contribution is 0.669. The Labute approximate surface area is 311 Å². The number of thiophene rings is 1. The average molecular weight is 693 g/mol. The van der Waals surface area contributed by atoms with Crippen LogP contribution in [0.2, 0.25) is 0 Å². The number of hydrogen-bond acceptors (Lipinski definition) is 2. The zero-order valence-corrected chi connectivity index (χ0v) is 29.6. The van der Waals surface area contributed by atoms with Crippen molar-refractivity contribution in [3.05, 3.63) is 205 Å². The van der Waals surface area contributed by atoms with E-state index in [9.17, 15) is 0 Å². The molecule has 0 aliphatic rings. The third-order valence-corrected chi connectivity index (χ3v) is 12.1. The molecule has 0 spiro atoms. The number of fused-ring (bicyclic) bond motifs is 9. The maximum Gasteiger partial charge on any atom is 0.136 e. The molecule has 9 aromatic carbocycles. The first-order chi connectivity index (χ1) is 26.2. The Balaban J connectivity index is 1.04. The van der Waals surface area contributed by atoms with Gasteiger partial charge in [-0.05, 0) is 96.9 Å². The fourth-order valence-corrected chi connectivity index (χ4v) is 9.62. The first-order valence-corrected chi connectivity index (χ1v) is 19.0. The summed E-state index contributed by atoms with van der Waals surface area (Å²) in [7, 11) is 0. The van der Waals surface area contributed by atoms with Gasteiger partial charge in [0.05, 0.1) is 0 Å². The summed E-state index contributed by atoms with van der Waals surface area (Å²) in [5.74, 6) is 0.0858. The van der Waals surface area contributed by atoms with E-state index in [-0.39, 0.29) is 5.92 Å². The number of hydrogen-bond donors (Lipinski definition) is 0. The van der Waals surface area contributed by atoms with Crippen molar-refractivity contribution in [1.82, 2.24) is 0 Å². The first-order valence-electron chi connectivity index (χ1n) is 18.2. The van der Waals surface area contributed by atoms with Gasteiger partial charge in [-0.3, -0.25) is 0 Å². The van der Waals surface area contributed by atoms with E-state index in [1.165, 1.54) is 80.7 Å². The molecular formula is C51H32OS. The Morgan fingerprint density at radius 3 is 2.00 bits per heavy atom. The Morgan fingerprint density at radius 1 is 0.358 bits per heavy atom. The third kappa shape index (κ3) is 4.98. The third-order valence-electron chi connectivity index (χ3n) is 11.0. The Bertz CT molecular complexity index is 3180. The quantitative estimate of drug-likeness (QED) is 0.129. The summed E-state index contributed by atoms with van der Waals surface area (Å²) in [5.41, 5.74) is 10.4. The van der Waals surface area contributed by atoms with E-state index in [1.807, 2.05) is 11.3 Å². The fourth-order valence-electron chi connectivity index (χ4n) is 8.47. The Morgan fingerprint density at radius 2 is 1.06 bits per heavy atom. The largest absolute Gasteiger partial charge is 0.456 e. The molecule has 11 aromatic rings. The maximum absolute atomic E-state index is 6.51. The molecule has 1 unspecified atom stereocenters. The molecule has 0 fully saturated rings. The summed E-state index contributed by atoms with van der Waals surface area (Å²) in [5, 5.41) is 10.0. The van der Waals surface area contributed by atoms with Gasteiger partial charge in [0, 0.05) is 36.9 Å². The van der Waals surface area contributed by atoms with Crippen LogP contribution in [-0.4, -0.2) is 0 Å². The van der Waals surface area contributed by atoms with Crippen LogP contribution in [0.15, 0.2) is 192 Å². The van der Waals surface area contributed by atoms with Gasteiger partial charge in [-0.1, -0.05) is 152 Å². The minimum Gasteiger partial charge on any atom is -0.456 e. The second-order valence-electron chi connectivity index (χ2n) is 14.0. The summed E-state index contributed by atoms with van der Waals surface area (Å²) in [6.07, 6.45) is 0. The van der Waals surface area contributed by atoms with Crippen LogP contribution in [0, 0.1) is 0 Å². The Kier molecular flexibility index (Phi) is 6.86. The molecule has 2 heteroatoms. The highest BCUT2D eigenvalue weighted by molar-refractivity contribution is 7.25. The standard InChI is InChI=1S/C51H32OS/c1-2-11-33(12-3-1)50(39-23-26-44-43-16-6-7-19-48(43)53-49(44)31-39)38-14-8-13-36(29-38)42-17-9-18-47-51(42)45-30-35(24-27-46(45)52-47)34-22-25-41-37(28-34)21-20-32-10-4-5-15-40(32)41/h1-31,50H. The molecule has 2 aromatic heterocycles. The molecular weight excluding hydrogens is 661 g/mol. The molecule has 0 radical (unpaired) electrons. The van der Waals surface area contributed by atoms with Crippen LogP contribution in [0.3, 0.4) is 0 Å². The van der Waals surface area contributed by atoms with Crippen LogP contribution >= 0.6 is 11.3 Å². The van der Waals surface area contributed by atoms with Crippen molar-refractivity contribution in [2.45, 2.75) is 5.92 Å². The first kappa shape index (κ1) is 30.2. The van der Waals surface area contributed by atoms with Crippen LogP contribution in [0.25, 0.3) is 85.9 Å². The minimum absolute atomic E-state index is 0.0858. The SMILES string of the molecule is c1ccc(C(c2cccc(-c3cccc4oc5ccc(-c6ccc7c(ccc8ccccc87)c6)cc5c34)c2)c2ccc3c(c2)sc2ccccc23)cc1. The highest BCUT2D eigenvalue weighted by atomic mass is 32.1. The van der Waals surface area contributed by atoms with Crippen LogP contribution in [0.4, 0.5) is 0 Å². The van der Waals surface area contributed by atoms with Crippen LogP contribution < -0.4 is 0 Å². The molecule has 0 aliphatic heterocycles. The predicted molar refractivity (Wildman–Crippen MR) is 226 cm³/mol. The predicted octanol–water partition coefficient (Wildman–Crippen LogP) is 14.8. The molecule has 11 rings (SSSR count). The molecule has 0 bridgehead atoms. The molecule has 1 atom stereocenters. The van der Waals surface area contributed by atoms with Gasteiger partial charge in [0.2, 0.25) is 0 Å². The number of rotatable bonds is 5. The molecule has 53 heavy (non-hydrogen) atoms. The van der Waals surface area contributed by atoms with Gasteiger partial charge in [0.1, 0.15) is 11.2 Å². The van der Waals surface area contributed by atoms with Gasteiger partial charge in [0.15, 0.2) is 0 Å². The van der Waals surface area contributed by atoms with E-state index >= 15 is 0 Å². The van der Waals surface area contributed by atoms with Crippen LogP contribution in [0.5, 0.6) is 0 Å². The molecule has 0 saturated heterocycles. The second kappa shape index (κ2) is 12.1. The van der Waals surface area contributed by atoms with E-state index in [4.69, 9.17) is 4.42 Å². The van der Waals surface area contributed by atoms with Crippen molar-refractivity contribution in [1.29, 1.82) is 0 Å². The van der Waals surface area contributed by atoms with Gasteiger partial charge in [-0.2, -0.15) is 0 Å². The highest BCUT2D eigenvalue weighted by Crippen LogP contribution is 2.42. The van der Waals surface area contributed by atoms with E-state index in [0.717, 1.165) is 21.9 Å². The molecule has 2 heterocycles. The van der Waals surface area contributed by atoms with Crippen LogP contribution in [0.1, 0.15) is 22.6 Å². The zero-order valence-electron chi connectivity index (χ0n) is 28.8. The minimum atomic E-state index is 0.0858. The lowest BCUT2D eigenvalue weighted by Crippen LogP contribution is -2.03. The second-order valence-corrected chi connectivity index (χ2v) is 15.1. The van der Waals surface area contributed by atoms with Gasteiger partial charge >= 0.3 is 0 Å². The molecule has 248 valence electrons. The van der Waals surface area contributed by atoms with Gasteiger partial charge < -0.3 is 4.42 Å². The van der Waals surface area contributed by atoms with Crippen molar-refractivity contribution in [3.63, 3.8) is 0 Å². The van der Waals surface area contributed by atoms with Crippen molar-refractivity contribution >= 4 is 75.0 Å². The monoisotopic (exact) mass is 692 g/mol. The van der Waals surface area contributed by atoms with E-state index in [0.29, 0.717) is 0 Å². The summed E-state index contributed by atoms with van der Waals surface area (Å²) >= 11 is 1.88. The summed E-state index contributed by atoms with van der Waals surface area (Å²) in [6.45, 7) is 0. The van der Waals surface area contributed by atoms with Crippen molar-refractivity contribution in [2.75, 3.05) is 0 Å². The molecule has 0 N–H and O–H groups in total. The maximum atomic E-state index is 6.51. The molecule has 0 saturated carbocycles. The van der Waals surface area contributed by atoms with Gasteiger partial charge in [-0.15, -0.1) is 11.3 Å². The average Bonchev–Trinajstić information content (AvgIpc) is 3.79. The highest BCUT2D eigenvalue weighted by Gasteiger charge is 2.20. The van der Waals surface area contributed by atoms with Crippen molar-refractivity contribution in [2.24, 2.45) is 0 Å². The summed E-state index contributed by atoms with van der Waals surface area (Å²) < 4.78 is 9.16. The molecule has 0 aliphatic carbocycles. The van der Waals surface area contributed by atoms with E-state index in [2.05, 4.69) is 188 Å². The van der Waals surface area contributed by atoms with E-state index in [1.54, 1.807) is 0 Å².